The van der Waals surface area contributed by atoms with Crippen LogP contribution in [0.3, 0.4) is 0 Å². The Morgan fingerprint density at radius 1 is 0.567 bits per heavy atom. The summed E-state index contributed by atoms with van der Waals surface area (Å²) in [5, 5.41) is 5.79. The number of hydrogen-bond acceptors (Lipinski definition) is 8. The number of nitrogens with zero attached hydrogens (tertiary/aromatic N) is 2. The summed E-state index contributed by atoms with van der Waals surface area (Å²) < 4.78 is 0. The molecule has 0 saturated carbocycles. The van der Waals surface area contributed by atoms with E-state index in [1.807, 2.05) is 0 Å². The number of nitrogens with one attached hydrogen (secondary N) is 2. The standard InChI is InChI=1S/C20H44N8O2/c21-7-13-27(14-8-22)11-3-1-5-17-19(29)26-18(20(30)25-17)6-2-4-12-28(15-9-23)16-10-24/h17-18H,1-16,21-24H2,(H,25,30)(H,26,29). The highest BCUT2D eigenvalue weighted by molar-refractivity contribution is 5.96. The van der Waals surface area contributed by atoms with Crippen molar-refractivity contribution in [2.45, 2.75) is 50.6 Å². The number of rotatable bonds is 18. The molecular formula is C20H44N8O2. The summed E-state index contributed by atoms with van der Waals surface area (Å²) in [5.74, 6) is -0.151. The smallest absolute Gasteiger partial charge is 0.243 e. The van der Waals surface area contributed by atoms with Crippen LogP contribution in [0.4, 0.5) is 0 Å². The highest BCUT2D eigenvalue weighted by Gasteiger charge is 2.32. The molecule has 10 nitrogen and oxygen atoms in total. The maximum absolute atomic E-state index is 12.4. The average molecular weight is 429 g/mol. The van der Waals surface area contributed by atoms with E-state index in [2.05, 4.69) is 20.4 Å². The Balaban J connectivity index is 2.26. The van der Waals surface area contributed by atoms with E-state index in [4.69, 9.17) is 22.9 Å². The van der Waals surface area contributed by atoms with Crippen LogP contribution in [0.1, 0.15) is 38.5 Å². The Labute approximate surface area is 181 Å². The number of nitrogens with two attached hydrogens (primary N) is 4. The van der Waals surface area contributed by atoms with Crippen molar-refractivity contribution in [1.29, 1.82) is 0 Å². The normalized spacial score (nSPS) is 19.4. The molecule has 2 atom stereocenters. The van der Waals surface area contributed by atoms with Crippen LogP contribution < -0.4 is 33.6 Å². The molecule has 10 heteroatoms. The molecule has 0 radical (unpaired) electrons. The molecule has 1 saturated heterocycles. The topological polar surface area (TPSA) is 169 Å². The van der Waals surface area contributed by atoms with E-state index in [0.29, 0.717) is 39.0 Å². The van der Waals surface area contributed by atoms with Crippen molar-refractivity contribution < 1.29 is 9.59 Å². The molecule has 10 N–H and O–H groups in total. The zero-order valence-electron chi connectivity index (χ0n) is 18.5. The lowest BCUT2D eigenvalue weighted by Crippen LogP contribution is -2.61. The SMILES string of the molecule is NCCN(CCN)CCCCC1NC(=O)C(CCCCN(CCN)CCN)NC1=O. The minimum atomic E-state index is -0.434. The van der Waals surface area contributed by atoms with Gasteiger partial charge in [-0.25, -0.2) is 0 Å². The van der Waals surface area contributed by atoms with Crippen LogP contribution >= 0.6 is 0 Å². The molecule has 1 fully saturated rings. The van der Waals surface area contributed by atoms with Crippen molar-refractivity contribution in [3.63, 3.8) is 0 Å². The molecule has 1 aliphatic rings. The van der Waals surface area contributed by atoms with Crippen LogP contribution in [0.2, 0.25) is 0 Å². The molecule has 176 valence electrons. The molecule has 2 amide bonds. The fraction of sp³-hybridized carbons (Fsp3) is 0.900. The van der Waals surface area contributed by atoms with E-state index in [-0.39, 0.29) is 11.8 Å². The predicted octanol–water partition coefficient (Wildman–Crippen LogP) is -2.25. The Hall–Kier alpha value is -1.30. The number of carbonyl (C=O) groups excluding carboxylic acids is 2. The van der Waals surface area contributed by atoms with Gasteiger partial charge in [-0.15, -0.1) is 0 Å². The third-order valence-electron chi connectivity index (χ3n) is 5.48. The second-order valence-corrected chi connectivity index (χ2v) is 7.95. The first-order valence-corrected chi connectivity index (χ1v) is 11.4. The molecule has 2 unspecified atom stereocenters. The third kappa shape index (κ3) is 10.6. The Morgan fingerprint density at radius 3 is 1.20 bits per heavy atom. The molecule has 1 rings (SSSR count). The van der Waals surface area contributed by atoms with Crippen LogP contribution in [0.25, 0.3) is 0 Å². The van der Waals surface area contributed by atoms with Crippen molar-refractivity contribution in [1.82, 2.24) is 20.4 Å². The van der Waals surface area contributed by atoms with Gasteiger partial charge in [0.2, 0.25) is 11.8 Å². The van der Waals surface area contributed by atoms with Gasteiger partial charge in [-0.3, -0.25) is 9.59 Å². The Morgan fingerprint density at radius 2 is 0.900 bits per heavy atom. The zero-order valence-corrected chi connectivity index (χ0v) is 18.5. The van der Waals surface area contributed by atoms with E-state index in [1.54, 1.807) is 0 Å². The van der Waals surface area contributed by atoms with Gasteiger partial charge >= 0.3 is 0 Å². The van der Waals surface area contributed by atoms with Crippen LogP contribution in [-0.2, 0) is 9.59 Å². The van der Waals surface area contributed by atoms with Crippen molar-refractivity contribution in [2.24, 2.45) is 22.9 Å². The number of hydrogen-bond donors (Lipinski definition) is 6. The number of unbranched alkanes of at least 4 members (excludes halogenated alkanes) is 2. The first-order valence-electron chi connectivity index (χ1n) is 11.4. The number of amides is 2. The van der Waals surface area contributed by atoms with Gasteiger partial charge in [-0.2, -0.15) is 0 Å². The van der Waals surface area contributed by atoms with Crippen molar-refractivity contribution in [2.75, 3.05) is 65.4 Å². The summed E-state index contributed by atoms with van der Waals surface area (Å²) in [6.07, 6.45) is 4.93. The second kappa shape index (κ2) is 16.4. The maximum Gasteiger partial charge on any atom is 0.243 e. The average Bonchev–Trinajstić information content (AvgIpc) is 2.71. The van der Waals surface area contributed by atoms with Crippen LogP contribution in [-0.4, -0.2) is 99.1 Å². The summed E-state index contributed by atoms with van der Waals surface area (Å²) in [5.41, 5.74) is 22.5. The highest BCUT2D eigenvalue weighted by atomic mass is 16.2. The summed E-state index contributed by atoms with van der Waals surface area (Å²) in [4.78, 5) is 29.2. The zero-order chi connectivity index (χ0) is 22.2. The molecule has 0 bridgehead atoms. The lowest BCUT2D eigenvalue weighted by atomic mass is 10.0. The van der Waals surface area contributed by atoms with Crippen LogP contribution in [0.5, 0.6) is 0 Å². The summed E-state index contributed by atoms with van der Waals surface area (Å²) in [6.45, 7) is 7.58. The molecular weight excluding hydrogens is 384 g/mol. The van der Waals surface area contributed by atoms with E-state index in [0.717, 1.165) is 65.0 Å². The first-order chi connectivity index (χ1) is 14.5. The van der Waals surface area contributed by atoms with E-state index in [1.165, 1.54) is 0 Å². The number of carbonyl (C=O) groups is 2. The van der Waals surface area contributed by atoms with Gasteiger partial charge in [0, 0.05) is 52.4 Å². The minimum Gasteiger partial charge on any atom is -0.343 e. The van der Waals surface area contributed by atoms with Crippen molar-refractivity contribution >= 4 is 11.8 Å². The molecule has 0 aliphatic carbocycles. The molecule has 0 aromatic rings. The summed E-state index contributed by atoms with van der Waals surface area (Å²) in [7, 11) is 0. The van der Waals surface area contributed by atoms with Gasteiger partial charge in [0.1, 0.15) is 12.1 Å². The lowest BCUT2D eigenvalue weighted by molar-refractivity contribution is -0.137. The fourth-order valence-corrected chi connectivity index (χ4v) is 3.85. The van der Waals surface area contributed by atoms with E-state index in [9.17, 15) is 9.59 Å². The van der Waals surface area contributed by atoms with Gasteiger partial charge in [0.25, 0.3) is 0 Å². The maximum atomic E-state index is 12.4. The van der Waals surface area contributed by atoms with Crippen molar-refractivity contribution in [3.05, 3.63) is 0 Å². The summed E-state index contributed by atoms with van der Waals surface area (Å²) >= 11 is 0. The predicted molar refractivity (Wildman–Crippen MR) is 121 cm³/mol. The Bertz CT molecular complexity index is 426. The number of piperazine rings is 1. The molecule has 0 aromatic carbocycles. The van der Waals surface area contributed by atoms with Crippen LogP contribution in [0, 0.1) is 0 Å². The molecule has 0 spiro atoms. The van der Waals surface area contributed by atoms with Crippen molar-refractivity contribution in [3.8, 4) is 0 Å². The van der Waals surface area contributed by atoms with E-state index < -0.39 is 12.1 Å². The molecule has 1 aliphatic heterocycles. The first kappa shape index (κ1) is 26.7. The van der Waals surface area contributed by atoms with Gasteiger partial charge in [0.05, 0.1) is 0 Å². The largest absolute Gasteiger partial charge is 0.343 e. The molecule has 30 heavy (non-hydrogen) atoms. The molecule has 0 aromatic heterocycles. The third-order valence-corrected chi connectivity index (χ3v) is 5.48. The van der Waals surface area contributed by atoms with Gasteiger partial charge in [-0.1, -0.05) is 0 Å². The molecule has 1 heterocycles. The van der Waals surface area contributed by atoms with Crippen LogP contribution in [0.15, 0.2) is 0 Å². The second-order valence-electron chi connectivity index (χ2n) is 7.95. The van der Waals surface area contributed by atoms with Gasteiger partial charge in [-0.05, 0) is 51.6 Å². The highest BCUT2D eigenvalue weighted by Crippen LogP contribution is 2.11. The monoisotopic (exact) mass is 428 g/mol. The minimum absolute atomic E-state index is 0.0757. The quantitative estimate of drug-likeness (QED) is 0.133. The fourth-order valence-electron chi connectivity index (χ4n) is 3.85. The van der Waals surface area contributed by atoms with E-state index >= 15 is 0 Å². The lowest BCUT2D eigenvalue weighted by Gasteiger charge is -2.30. The Kier molecular flexibility index (Phi) is 14.6. The van der Waals surface area contributed by atoms with Gasteiger partial charge < -0.3 is 43.4 Å². The van der Waals surface area contributed by atoms with Gasteiger partial charge in [0.15, 0.2) is 0 Å². The summed E-state index contributed by atoms with van der Waals surface area (Å²) in [6, 6.07) is -0.869.